The molecule has 0 fully saturated rings. The summed E-state index contributed by atoms with van der Waals surface area (Å²) in [5.41, 5.74) is 9.07. The molecule has 0 radical (unpaired) electrons. The molecule has 2 aliphatic rings. The van der Waals surface area contributed by atoms with E-state index in [0.29, 0.717) is 5.69 Å². The molecule has 0 amide bonds. The number of benzene rings is 1. The summed E-state index contributed by atoms with van der Waals surface area (Å²) >= 11 is 0. The number of rotatable bonds is 1. The Morgan fingerprint density at radius 2 is 2.31 bits per heavy atom. The third-order valence-corrected chi connectivity index (χ3v) is 3.34. The molecule has 2 aliphatic heterocycles. The Bertz CT molecular complexity index is 430. The summed E-state index contributed by atoms with van der Waals surface area (Å²) in [5, 5.41) is 0. The van der Waals surface area contributed by atoms with Gasteiger partial charge in [-0.3, -0.25) is 0 Å². The molecule has 1 aromatic rings. The first-order valence-electron chi connectivity index (χ1n) is 5.68. The molecule has 86 valence electrons. The fraction of sp³-hybridized carbons (Fsp3) is 0.500. The van der Waals surface area contributed by atoms with E-state index in [1.165, 1.54) is 11.3 Å². The first-order valence-corrected chi connectivity index (χ1v) is 5.68. The number of nitrogens with zero attached hydrogens (tertiary/aromatic N) is 1. The van der Waals surface area contributed by atoms with Crippen LogP contribution in [0.25, 0.3) is 0 Å². The predicted molar refractivity (Wildman–Crippen MR) is 63.4 cm³/mol. The summed E-state index contributed by atoms with van der Waals surface area (Å²) in [6.07, 6.45) is 2.18. The zero-order valence-electron chi connectivity index (χ0n) is 9.45. The van der Waals surface area contributed by atoms with Crippen LogP contribution >= 0.6 is 0 Å². The van der Waals surface area contributed by atoms with Gasteiger partial charge in [0.1, 0.15) is 18.1 Å². The highest BCUT2D eigenvalue weighted by Gasteiger charge is 2.28. The second-order valence-electron chi connectivity index (χ2n) is 4.26. The number of hydrogen-bond acceptors (Lipinski definition) is 4. The fourth-order valence-corrected chi connectivity index (χ4v) is 2.68. The number of nitrogen functional groups attached to an aromatic ring is 1. The average Bonchev–Trinajstić information content (AvgIpc) is 2.30. The highest BCUT2D eigenvalue weighted by Crippen LogP contribution is 2.46. The number of ether oxygens (including phenoxy) is 2. The lowest BCUT2D eigenvalue weighted by molar-refractivity contribution is 0.302. The molecule has 16 heavy (non-hydrogen) atoms. The number of hydrogen-bond donors (Lipinski definition) is 1. The van der Waals surface area contributed by atoms with Crippen LogP contribution in [0.5, 0.6) is 11.5 Å². The Hall–Kier alpha value is -1.58. The Kier molecular flexibility index (Phi) is 2.09. The van der Waals surface area contributed by atoms with Gasteiger partial charge < -0.3 is 20.1 Å². The minimum atomic E-state index is 0.681. The van der Waals surface area contributed by atoms with Crippen molar-refractivity contribution in [1.82, 2.24) is 0 Å². The molecule has 0 atom stereocenters. The maximum absolute atomic E-state index is 5.98. The van der Waals surface area contributed by atoms with Gasteiger partial charge in [-0.1, -0.05) is 0 Å². The molecule has 2 heterocycles. The smallest absolute Gasteiger partial charge is 0.147 e. The van der Waals surface area contributed by atoms with Gasteiger partial charge in [-0.15, -0.1) is 0 Å². The van der Waals surface area contributed by atoms with Crippen molar-refractivity contribution in [2.24, 2.45) is 0 Å². The second kappa shape index (κ2) is 3.47. The van der Waals surface area contributed by atoms with Crippen LogP contribution < -0.4 is 20.1 Å². The normalized spacial score (nSPS) is 17.7. The van der Waals surface area contributed by atoms with Crippen LogP contribution in [0, 0.1) is 0 Å². The van der Waals surface area contributed by atoms with Crippen LogP contribution in [-0.2, 0) is 6.42 Å². The molecule has 0 bridgehead atoms. The van der Waals surface area contributed by atoms with Crippen molar-refractivity contribution in [1.29, 1.82) is 0 Å². The highest BCUT2D eigenvalue weighted by molar-refractivity contribution is 5.77. The maximum atomic E-state index is 5.98. The standard InChI is InChI=1S/C12H16N2O2/c1-15-12-8-3-2-4-14-5-6-16-10(11(8)14)7-9(12)13/h7H,2-6,13H2,1H3. The predicted octanol–water partition coefficient (Wildman–Crippen LogP) is 1.42. The maximum Gasteiger partial charge on any atom is 0.147 e. The summed E-state index contributed by atoms with van der Waals surface area (Å²) in [6.45, 7) is 2.82. The van der Waals surface area contributed by atoms with Crippen molar-refractivity contribution in [2.75, 3.05) is 37.4 Å². The number of nitrogens with two attached hydrogens (primary N) is 1. The lowest BCUT2D eigenvalue weighted by Gasteiger charge is -2.37. The van der Waals surface area contributed by atoms with Crippen LogP contribution in [0.2, 0.25) is 0 Å². The molecule has 2 N–H and O–H groups in total. The Morgan fingerprint density at radius 1 is 1.44 bits per heavy atom. The van der Waals surface area contributed by atoms with Crippen LogP contribution in [0.3, 0.4) is 0 Å². The number of methoxy groups -OCH3 is 1. The largest absolute Gasteiger partial charge is 0.494 e. The molecular weight excluding hydrogens is 204 g/mol. The lowest BCUT2D eigenvalue weighted by Crippen LogP contribution is -2.37. The minimum absolute atomic E-state index is 0.681. The van der Waals surface area contributed by atoms with Crippen molar-refractivity contribution in [2.45, 2.75) is 12.8 Å². The quantitative estimate of drug-likeness (QED) is 0.727. The molecule has 0 saturated carbocycles. The molecule has 1 aromatic carbocycles. The van der Waals surface area contributed by atoms with Crippen molar-refractivity contribution in [3.63, 3.8) is 0 Å². The molecule has 0 aliphatic carbocycles. The summed E-state index contributed by atoms with van der Waals surface area (Å²) < 4.78 is 11.1. The highest BCUT2D eigenvalue weighted by atomic mass is 16.5. The summed E-state index contributed by atoms with van der Waals surface area (Å²) in [6, 6.07) is 1.88. The van der Waals surface area contributed by atoms with E-state index in [9.17, 15) is 0 Å². The van der Waals surface area contributed by atoms with Crippen molar-refractivity contribution >= 4 is 11.4 Å². The zero-order chi connectivity index (χ0) is 11.1. The van der Waals surface area contributed by atoms with Gasteiger partial charge in [0.05, 0.1) is 25.0 Å². The molecule has 4 nitrogen and oxygen atoms in total. The average molecular weight is 220 g/mol. The Morgan fingerprint density at radius 3 is 3.12 bits per heavy atom. The van der Waals surface area contributed by atoms with Gasteiger partial charge in [0.15, 0.2) is 0 Å². The van der Waals surface area contributed by atoms with E-state index in [2.05, 4.69) is 4.90 Å². The van der Waals surface area contributed by atoms with E-state index in [-0.39, 0.29) is 0 Å². The van der Waals surface area contributed by atoms with E-state index < -0.39 is 0 Å². The van der Waals surface area contributed by atoms with Crippen molar-refractivity contribution in [3.05, 3.63) is 11.6 Å². The topological polar surface area (TPSA) is 47.7 Å². The summed E-state index contributed by atoms with van der Waals surface area (Å²) in [5.74, 6) is 1.74. The zero-order valence-corrected chi connectivity index (χ0v) is 9.45. The van der Waals surface area contributed by atoms with Gasteiger partial charge in [-0.2, -0.15) is 0 Å². The van der Waals surface area contributed by atoms with E-state index in [4.69, 9.17) is 15.2 Å². The summed E-state index contributed by atoms with van der Waals surface area (Å²) in [7, 11) is 1.68. The van der Waals surface area contributed by atoms with Crippen LogP contribution in [0.4, 0.5) is 11.4 Å². The molecular formula is C12H16N2O2. The third-order valence-electron chi connectivity index (χ3n) is 3.34. The fourth-order valence-electron chi connectivity index (χ4n) is 2.68. The molecule has 0 unspecified atom stereocenters. The van der Waals surface area contributed by atoms with Crippen LogP contribution in [-0.4, -0.2) is 26.8 Å². The van der Waals surface area contributed by atoms with Crippen molar-refractivity contribution in [3.8, 4) is 11.5 Å². The van der Waals surface area contributed by atoms with Crippen LogP contribution in [0.1, 0.15) is 12.0 Å². The Labute approximate surface area is 94.9 Å². The van der Waals surface area contributed by atoms with Gasteiger partial charge in [0, 0.05) is 18.2 Å². The molecule has 3 rings (SSSR count). The van der Waals surface area contributed by atoms with Gasteiger partial charge in [-0.05, 0) is 12.8 Å². The monoisotopic (exact) mass is 220 g/mol. The molecule has 0 aromatic heterocycles. The summed E-state index contributed by atoms with van der Waals surface area (Å²) in [4.78, 5) is 2.37. The van der Waals surface area contributed by atoms with E-state index in [1.54, 1.807) is 7.11 Å². The van der Waals surface area contributed by atoms with Gasteiger partial charge >= 0.3 is 0 Å². The van der Waals surface area contributed by atoms with Gasteiger partial charge in [-0.25, -0.2) is 0 Å². The second-order valence-corrected chi connectivity index (χ2v) is 4.26. The van der Waals surface area contributed by atoms with Crippen LogP contribution in [0.15, 0.2) is 6.07 Å². The van der Waals surface area contributed by atoms with Gasteiger partial charge in [0.25, 0.3) is 0 Å². The number of anilines is 2. The first-order chi connectivity index (χ1) is 7.81. The molecule has 4 heteroatoms. The molecule has 0 spiro atoms. The van der Waals surface area contributed by atoms with E-state index >= 15 is 0 Å². The Balaban J connectivity index is 2.23. The van der Waals surface area contributed by atoms with Gasteiger partial charge in [0.2, 0.25) is 0 Å². The van der Waals surface area contributed by atoms with E-state index in [0.717, 1.165) is 44.0 Å². The van der Waals surface area contributed by atoms with E-state index in [1.807, 2.05) is 6.07 Å². The SMILES string of the molecule is COc1c(N)cc2c3c1CCCN3CCO2. The van der Waals surface area contributed by atoms with Crippen molar-refractivity contribution < 1.29 is 9.47 Å². The minimum Gasteiger partial charge on any atom is -0.494 e. The third kappa shape index (κ3) is 1.22. The lowest BCUT2D eigenvalue weighted by atomic mass is 9.98. The first kappa shape index (κ1) is 9.63. The molecule has 0 saturated heterocycles.